The third kappa shape index (κ3) is 6.64. The summed E-state index contributed by atoms with van der Waals surface area (Å²) in [6, 6.07) is 21.5. The van der Waals surface area contributed by atoms with E-state index >= 15 is 0 Å². The number of sulfonamides is 1. The molecule has 1 fully saturated rings. The fourth-order valence-electron chi connectivity index (χ4n) is 4.99. The van der Waals surface area contributed by atoms with Crippen molar-refractivity contribution in [2.75, 3.05) is 56.6 Å². The van der Waals surface area contributed by atoms with Crippen LogP contribution < -0.4 is 4.31 Å². The number of H-pyrrole nitrogens is 1. The molecule has 3 aromatic carbocycles. The molecule has 10 nitrogen and oxygen atoms in total. The zero-order chi connectivity index (χ0) is 29.7. The lowest BCUT2D eigenvalue weighted by atomic mass is 10.00. The molecule has 0 bridgehead atoms. The van der Waals surface area contributed by atoms with Crippen LogP contribution in [0.4, 0.5) is 11.4 Å². The molecule has 1 aliphatic rings. The largest absolute Gasteiger partial charge is 0.494 e. The summed E-state index contributed by atoms with van der Waals surface area (Å²) < 4.78 is 37.2. The molecular formula is C31H34N4O6S. The number of esters is 1. The first-order valence-corrected chi connectivity index (χ1v) is 15.6. The zero-order valence-electron chi connectivity index (χ0n) is 23.6. The van der Waals surface area contributed by atoms with Crippen molar-refractivity contribution in [1.82, 2.24) is 9.88 Å². The van der Waals surface area contributed by atoms with E-state index in [4.69, 9.17) is 14.5 Å². The number of fused-ring (bicyclic) bond motifs is 1. The lowest BCUT2D eigenvalue weighted by Gasteiger charge is -2.30. The van der Waals surface area contributed by atoms with Gasteiger partial charge >= 0.3 is 5.97 Å². The van der Waals surface area contributed by atoms with Crippen molar-refractivity contribution in [3.63, 3.8) is 0 Å². The summed E-state index contributed by atoms with van der Waals surface area (Å²) >= 11 is 0. The van der Waals surface area contributed by atoms with E-state index in [0.29, 0.717) is 65.4 Å². The van der Waals surface area contributed by atoms with Crippen LogP contribution >= 0.6 is 0 Å². The highest BCUT2D eigenvalue weighted by Gasteiger charge is 2.22. The molecule has 220 valence electrons. The SMILES string of the molecule is CCOC(=O)c1ccc2c(C(=Nc3ccc(N(CCN4CCOCC4)S(C)(=O)=O)cc3)c3ccccc3)c(O)[nH]c2c1. The van der Waals surface area contributed by atoms with E-state index in [1.165, 1.54) is 10.6 Å². The van der Waals surface area contributed by atoms with E-state index in [0.717, 1.165) is 18.7 Å². The number of nitrogens with one attached hydrogen (secondary N) is 1. The molecule has 0 amide bonds. The molecule has 42 heavy (non-hydrogen) atoms. The minimum absolute atomic E-state index is 0.0865. The third-order valence-electron chi connectivity index (χ3n) is 7.08. The topological polar surface area (TPSA) is 125 Å². The summed E-state index contributed by atoms with van der Waals surface area (Å²) in [5.74, 6) is -0.531. The van der Waals surface area contributed by atoms with E-state index < -0.39 is 16.0 Å². The summed E-state index contributed by atoms with van der Waals surface area (Å²) in [5.41, 5.74) is 3.84. The smallest absolute Gasteiger partial charge is 0.338 e. The lowest BCUT2D eigenvalue weighted by molar-refractivity contribution is 0.0395. The third-order valence-corrected chi connectivity index (χ3v) is 8.27. The molecule has 0 unspecified atom stereocenters. The van der Waals surface area contributed by atoms with Crippen LogP contribution in [0, 0.1) is 0 Å². The summed E-state index contributed by atoms with van der Waals surface area (Å²) in [4.78, 5) is 22.3. The van der Waals surface area contributed by atoms with Crippen molar-refractivity contribution in [2.24, 2.45) is 4.99 Å². The zero-order valence-corrected chi connectivity index (χ0v) is 24.4. The van der Waals surface area contributed by atoms with Gasteiger partial charge in [0.15, 0.2) is 5.88 Å². The van der Waals surface area contributed by atoms with Crippen LogP contribution in [0.2, 0.25) is 0 Å². The fourth-order valence-corrected chi connectivity index (χ4v) is 5.91. The van der Waals surface area contributed by atoms with E-state index in [2.05, 4.69) is 9.88 Å². The van der Waals surface area contributed by atoms with E-state index in [1.54, 1.807) is 49.4 Å². The van der Waals surface area contributed by atoms with Gasteiger partial charge in [-0.3, -0.25) is 9.21 Å². The Bertz CT molecular complexity index is 1680. The summed E-state index contributed by atoms with van der Waals surface area (Å²) in [6.07, 6.45) is 1.21. The second-order valence-electron chi connectivity index (χ2n) is 9.96. The van der Waals surface area contributed by atoms with Gasteiger partial charge in [0.05, 0.1) is 54.3 Å². The number of aliphatic imine (C=N–C) groups is 1. The highest BCUT2D eigenvalue weighted by atomic mass is 32.2. The molecule has 0 spiro atoms. The van der Waals surface area contributed by atoms with Crippen LogP contribution in [0.5, 0.6) is 5.88 Å². The van der Waals surface area contributed by atoms with Crippen LogP contribution in [0.25, 0.3) is 10.9 Å². The highest BCUT2D eigenvalue weighted by Crippen LogP contribution is 2.33. The maximum atomic E-state index is 12.7. The first kappa shape index (κ1) is 29.3. The normalized spacial score (nSPS) is 14.7. The second kappa shape index (κ2) is 12.8. The molecule has 11 heteroatoms. The van der Waals surface area contributed by atoms with E-state index in [1.807, 2.05) is 30.3 Å². The van der Waals surface area contributed by atoms with Gasteiger partial charge in [0, 0.05) is 42.6 Å². The number of hydrogen-bond donors (Lipinski definition) is 2. The average molecular weight is 591 g/mol. The minimum atomic E-state index is -3.51. The van der Waals surface area contributed by atoms with Gasteiger partial charge in [-0.2, -0.15) is 0 Å². The molecule has 4 aromatic rings. The fraction of sp³-hybridized carbons (Fsp3) is 0.290. The first-order valence-electron chi connectivity index (χ1n) is 13.8. The Labute approximate surface area is 245 Å². The van der Waals surface area contributed by atoms with Gasteiger partial charge in [0.2, 0.25) is 10.0 Å². The predicted molar refractivity (Wildman–Crippen MR) is 164 cm³/mol. The number of carbonyl (C=O) groups excluding carboxylic acids is 1. The van der Waals surface area contributed by atoms with E-state index in [-0.39, 0.29) is 12.5 Å². The van der Waals surface area contributed by atoms with Gasteiger partial charge in [0.25, 0.3) is 0 Å². The lowest BCUT2D eigenvalue weighted by Crippen LogP contribution is -2.42. The maximum absolute atomic E-state index is 12.7. The number of anilines is 1. The molecule has 2 N–H and O–H groups in total. The Hall–Kier alpha value is -4.19. The van der Waals surface area contributed by atoms with Crippen LogP contribution in [0.1, 0.15) is 28.4 Å². The molecule has 5 rings (SSSR count). The number of hydrogen-bond acceptors (Lipinski definition) is 8. The first-order chi connectivity index (χ1) is 20.2. The Morgan fingerprint density at radius 3 is 2.43 bits per heavy atom. The van der Waals surface area contributed by atoms with Gasteiger partial charge in [-0.15, -0.1) is 0 Å². The van der Waals surface area contributed by atoms with Crippen LogP contribution in [0.15, 0.2) is 77.8 Å². The quantitative estimate of drug-likeness (QED) is 0.208. The Morgan fingerprint density at radius 1 is 1.05 bits per heavy atom. The number of aromatic amines is 1. The summed E-state index contributed by atoms with van der Waals surface area (Å²) in [7, 11) is -3.51. The second-order valence-corrected chi connectivity index (χ2v) is 11.9. The number of aromatic hydroxyl groups is 1. The Morgan fingerprint density at radius 2 is 1.76 bits per heavy atom. The van der Waals surface area contributed by atoms with Crippen molar-refractivity contribution in [1.29, 1.82) is 0 Å². The van der Waals surface area contributed by atoms with Gasteiger partial charge in [-0.1, -0.05) is 36.4 Å². The standard InChI is InChI=1S/C31H34N4O6S/c1-3-41-31(37)23-9-14-26-27(21-23)33-30(36)28(26)29(22-7-5-4-6-8-22)32-24-10-12-25(13-11-24)35(42(2,38)39)16-15-34-17-19-40-20-18-34/h4-14,21,33,36H,3,15-20H2,1-2H3. The van der Waals surface area contributed by atoms with Crippen molar-refractivity contribution < 1.29 is 27.8 Å². The molecule has 1 saturated heterocycles. The molecule has 0 atom stereocenters. The number of aromatic nitrogens is 1. The summed E-state index contributed by atoms with van der Waals surface area (Å²) in [6.45, 7) is 5.78. The molecule has 2 heterocycles. The van der Waals surface area contributed by atoms with Gasteiger partial charge in [-0.25, -0.2) is 18.2 Å². The van der Waals surface area contributed by atoms with Gasteiger partial charge < -0.3 is 19.6 Å². The van der Waals surface area contributed by atoms with E-state index in [9.17, 15) is 18.3 Å². The van der Waals surface area contributed by atoms with Crippen molar-refractivity contribution in [2.45, 2.75) is 6.92 Å². The summed E-state index contributed by atoms with van der Waals surface area (Å²) in [5, 5.41) is 11.7. The van der Waals surface area contributed by atoms with Crippen molar-refractivity contribution in [3.8, 4) is 5.88 Å². The van der Waals surface area contributed by atoms with Gasteiger partial charge in [-0.05, 0) is 43.3 Å². The Kier molecular flexibility index (Phi) is 8.91. The van der Waals surface area contributed by atoms with Crippen molar-refractivity contribution >= 4 is 44.0 Å². The minimum Gasteiger partial charge on any atom is -0.494 e. The number of ether oxygens (including phenoxy) is 2. The molecular weight excluding hydrogens is 556 g/mol. The van der Waals surface area contributed by atoms with Crippen LogP contribution in [-0.4, -0.2) is 87.3 Å². The van der Waals surface area contributed by atoms with Crippen LogP contribution in [0.3, 0.4) is 0 Å². The molecule has 1 aliphatic heterocycles. The highest BCUT2D eigenvalue weighted by molar-refractivity contribution is 7.92. The average Bonchev–Trinajstić information content (AvgIpc) is 3.31. The Balaban J connectivity index is 1.49. The molecule has 1 aromatic heterocycles. The molecule has 0 radical (unpaired) electrons. The monoisotopic (exact) mass is 590 g/mol. The maximum Gasteiger partial charge on any atom is 0.338 e. The molecule has 0 saturated carbocycles. The predicted octanol–water partition coefficient (Wildman–Crippen LogP) is 4.32. The number of benzene rings is 3. The molecule has 0 aliphatic carbocycles. The van der Waals surface area contributed by atoms with Crippen LogP contribution in [-0.2, 0) is 19.5 Å². The van der Waals surface area contributed by atoms with Gasteiger partial charge in [0.1, 0.15) is 0 Å². The van der Waals surface area contributed by atoms with Crippen molar-refractivity contribution in [3.05, 3.63) is 89.5 Å². The number of carbonyl (C=O) groups is 1. The number of morpholine rings is 1. The number of rotatable bonds is 10. The number of nitrogens with zero attached hydrogens (tertiary/aromatic N) is 3.